The van der Waals surface area contributed by atoms with Gasteiger partial charge in [-0.2, -0.15) is 0 Å². The Labute approximate surface area is 122 Å². The van der Waals surface area contributed by atoms with Gasteiger partial charge in [0.1, 0.15) is 0 Å². The molecule has 5 heteroatoms. The van der Waals surface area contributed by atoms with Gasteiger partial charge >= 0.3 is 6.03 Å². The molecule has 0 saturated heterocycles. The number of nitrogens with one attached hydrogen (secondary N) is 1. The smallest absolute Gasteiger partial charge is 0.321 e. The van der Waals surface area contributed by atoms with Gasteiger partial charge in [-0.3, -0.25) is 0 Å². The number of rotatable bonds is 7. The Balaban J connectivity index is 2.59. The zero-order valence-electron chi connectivity index (χ0n) is 11.2. The number of unbranched alkanes of at least 4 members (excludes halogenated alkanes) is 1. The SMILES string of the molecule is CCCCN(CCCO)C(=O)Nc1cccc(Br)c1. The molecule has 0 fully saturated rings. The van der Waals surface area contributed by atoms with Crippen LogP contribution in [0.5, 0.6) is 0 Å². The van der Waals surface area contributed by atoms with Crippen LogP contribution in [0.3, 0.4) is 0 Å². The molecule has 0 aromatic heterocycles. The first-order valence-corrected chi connectivity index (χ1v) is 7.39. The van der Waals surface area contributed by atoms with Gasteiger partial charge in [-0.25, -0.2) is 4.79 Å². The molecule has 1 aromatic carbocycles. The van der Waals surface area contributed by atoms with Gasteiger partial charge in [0.25, 0.3) is 0 Å². The summed E-state index contributed by atoms with van der Waals surface area (Å²) in [7, 11) is 0. The van der Waals surface area contributed by atoms with Gasteiger partial charge in [0.15, 0.2) is 0 Å². The van der Waals surface area contributed by atoms with Crippen LogP contribution in [0.4, 0.5) is 10.5 Å². The summed E-state index contributed by atoms with van der Waals surface area (Å²) in [6.07, 6.45) is 2.62. The maximum Gasteiger partial charge on any atom is 0.321 e. The normalized spacial score (nSPS) is 10.3. The molecule has 0 bridgehead atoms. The van der Waals surface area contributed by atoms with Crippen molar-refractivity contribution in [1.82, 2.24) is 4.90 Å². The predicted molar refractivity (Wildman–Crippen MR) is 81.3 cm³/mol. The van der Waals surface area contributed by atoms with E-state index < -0.39 is 0 Å². The third-order valence-electron chi connectivity index (χ3n) is 2.73. The van der Waals surface area contributed by atoms with Crippen molar-refractivity contribution in [3.63, 3.8) is 0 Å². The van der Waals surface area contributed by atoms with E-state index in [1.807, 2.05) is 24.3 Å². The standard InChI is InChI=1S/C14H21BrN2O2/c1-2-3-8-17(9-5-10-18)14(19)16-13-7-4-6-12(15)11-13/h4,6-7,11,18H,2-3,5,8-10H2,1H3,(H,16,19). The second kappa shape index (κ2) is 8.93. The molecular weight excluding hydrogens is 308 g/mol. The van der Waals surface area contributed by atoms with Crippen LogP contribution in [0.15, 0.2) is 28.7 Å². The quantitative estimate of drug-likeness (QED) is 0.805. The van der Waals surface area contributed by atoms with Crippen molar-refractivity contribution >= 4 is 27.6 Å². The highest BCUT2D eigenvalue weighted by Crippen LogP contribution is 2.16. The van der Waals surface area contributed by atoms with Crippen LogP contribution in [0.2, 0.25) is 0 Å². The van der Waals surface area contributed by atoms with Crippen molar-refractivity contribution in [2.24, 2.45) is 0 Å². The number of anilines is 1. The molecule has 1 aromatic rings. The highest BCUT2D eigenvalue weighted by molar-refractivity contribution is 9.10. The fourth-order valence-electron chi connectivity index (χ4n) is 1.69. The Morgan fingerprint density at radius 2 is 2.11 bits per heavy atom. The second-order valence-electron chi connectivity index (χ2n) is 4.36. The van der Waals surface area contributed by atoms with E-state index in [0.717, 1.165) is 29.5 Å². The first-order chi connectivity index (χ1) is 9.17. The van der Waals surface area contributed by atoms with Crippen molar-refractivity contribution in [3.05, 3.63) is 28.7 Å². The third-order valence-corrected chi connectivity index (χ3v) is 3.22. The summed E-state index contributed by atoms with van der Waals surface area (Å²) in [5.41, 5.74) is 0.768. The maximum absolute atomic E-state index is 12.2. The highest BCUT2D eigenvalue weighted by atomic mass is 79.9. The summed E-state index contributed by atoms with van der Waals surface area (Å²) in [6.45, 7) is 3.50. The molecule has 0 atom stereocenters. The third kappa shape index (κ3) is 6.07. The molecule has 4 nitrogen and oxygen atoms in total. The number of halogens is 1. The summed E-state index contributed by atoms with van der Waals surface area (Å²) in [5.74, 6) is 0. The van der Waals surface area contributed by atoms with Crippen LogP contribution in [0.1, 0.15) is 26.2 Å². The minimum absolute atomic E-state index is 0.104. The van der Waals surface area contributed by atoms with Gasteiger partial charge in [0, 0.05) is 29.9 Å². The van der Waals surface area contributed by atoms with Gasteiger partial charge in [0.05, 0.1) is 0 Å². The minimum Gasteiger partial charge on any atom is -0.396 e. The fraction of sp³-hybridized carbons (Fsp3) is 0.500. The lowest BCUT2D eigenvalue weighted by atomic mass is 10.3. The molecule has 0 aliphatic carbocycles. The number of nitrogens with zero attached hydrogens (tertiary/aromatic N) is 1. The number of benzene rings is 1. The number of carbonyl (C=O) groups excluding carboxylic acids is 1. The molecule has 19 heavy (non-hydrogen) atoms. The number of amides is 2. The molecule has 1 rings (SSSR count). The summed E-state index contributed by atoms with van der Waals surface area (Å²) < 4.78 is 0.931. The summed E-state index contributed by atoms with van der Waals surface area (Å²) in [6, 6.07) is 7.40. The first kappa shape index (κ1) is 16.0. The highest BCUT2D eigenvalue weighted by Gasteiger charge is 2.12. The molecule has 0 heterocycles. The lowest BCUT2D eigenvalue weighted by molar-refractivity contribution is 0.201. The Bertz CT molecular complexity index is 391. The molecule has 0 aliphatic rings. The van der Waals surface area contributed by atoms with Gasteiger partial charge in [-0.05, 0) is 31.0 Å². The Kier molecular flexibility index (Phi) is 7.52. The van der Waals surface area contributed by atoms with Crippen molar-refractivity contribution in [2.75, 3.05) is 25.0 Å². The Hall–Kier alpha value is -1.07. The molecule has 2 N–H and O–H groups in total. The average Bonchev–Trinajstić information content (AvgIpc) is 2.38. The van der Waals surface area contributed by atoms with Gasteiger partial charge in [0.2, 0.25) is 0 Å². The number of hydrogen-bond donors (Lipinski definition) is 2. The van der Waals surface area contributed by atoms with Crippen LogP contribution in [-0.2, 0) is 0 Å². The molecule has 0 aliphatic heterocycles. The van der Waals surface area contributed by atoms with Crippen LogP contribution in [-0.4, -0.2) is 35.7 Å². The Morgan fingerprint density at radius 1 is 1.37 bits per heavy atom. The monoisotopic (exact) mass is 328 g/mol. The van der Waals surface area contributed by atoms with Crippen LogP contribution in [0.25, 0.3) is 0 Å². The van der Waals surface area contributed by atoms with Crippen LogP contribution >= 0.6 is 15.9 Å². The molecular formula is C14H21BrN2O2. The van der Waals surface area contributed by atoms with Crippen molar-refractivity contribution in [1.29, 1.82) is 0 Å². The number of carbonyl (C=O) groups is 1. The van der Waals surface area contributed by atoms with E-state index in [2.05, 4.69) is 28.2 Å². The van der Waals surface area contributed by atoms with E-state index in [1.54, 1.807) is 4.90 Å². The van der Waals surface area contributed by atoms with E-state index >= 15 is 0 Å². The fourth-order valence-corrected chi connectivity index (χ4v) is 2.09. The summed E-state index contributed by atoms with van der Waals surface area (Å²) in [5, 5.41) is 11.8. The zero-order chi connectivity index (χ0) is 14.1. The molecule has 106 valence electrons. The lowest BCUT2D eigenvalue weighted by Crippen LogP contribution is -2.36. The van der Waals surface area contributed by atoms with E-state index in [1.165, 1.54) is 0 Å². The minimum atomic E-state index is -0.111. The largest absolute Gasteiger partial charge is 0.396 e. The van der Waals surface area contributed by atoms with E-state index in [0.29, 0.717) is 13.0 Å². The van der Waals surface area contributed by atoms with Gasteiger partial charge in [-0.1, -0.05) is 35.3 Å². The number of aliphatic hydroxyl groups excluding tert-OH is 1. The second-order valence-corrected chi connectivity index (χ2v) is 5.27. The molecule has 0 unspecified atom stereocenters. The molecule has 2 amide bonds. The molecule has 0 radical (unpaired) electrons. The summed E-state index contributed by atoms with van der Waals surface area (Å²) in [4.78, 5) is 13.9. The first-order valence-electron chi connectivity index (χ1n) is 6.59. The number of urea groups is 1. The lowest BCUT2D eigenvalue weighted by Gasteiger charge is -2.22. The van der Waals surface area contributed by atoms with Gasteiger partial charge < -0.3 is 15.3 Å². The van der Waals surface area contributed by atoms with Crippen LogP contribution in [0, 0.1) is 0 Å². The van der Waals surface area contributed by atoms with Gasteiger partial charge in [-0.15, -0.1) is 0 Å². The topological polar surface area (TPSA) is 52.6 Å². The number of aliphatic hydroxyl groups is 1. The van der Waals surface area contributed by atoms with E-state index in [4.69, 9.17) is 5.11 Å². The summed E-state index contributed by atoms with van der Waals surface area (Å²) >= 11 is 3.38. The number of hydrogen-bond acceptors (Lipinski definition) is 2. The maximum atomic E-state index is 12.2. The van der Waals surface area contributed by atoms with E-state index in [9.17, 15) is 4.79 Å². The Morgan fingerprint density at radius 3 is 2.74 bits per heavy atom. The predicted octanol–water partition coefficient (Wildman–Crippen LogP) is 3.47. The van der Waals surface area contributed by atoms with Crippen molar-refractivity contribution in [2.45, 2.75) is 26.2 Å². The van der Waals surface area contributed by atoms with Crippen molar-refractivity contribution < 1.29 is 9.90 Å². The zero-order valence-corrected chi connectivity index (χ0v) is 12.8. The van der Waals surface area contributed by atoms with E-state index in [-0.39, 0.29) is 12.6 Å². The molecule has 0 spiro atoms. The molecule has 0 saturated carbocycles. The van der Waals surface area contributed by atoms with Crippen molar-refractivity contribution in [3.8, 4) is 0 Å². The average molecular weight is 329 g/mol. The van der Waals surface area contributed by atoms with Crippen LogP contribution < -0.4 is 5.32 Å².